The molecule has 0 spiro atoms. The molecule has 14 heavy (non-hydrogen) atoms. The van der Waals surface area contributed by atoms with Crippen LogP contribution in [0.5, 0.6) is 0 Å². The maximum absolute atomic E-state index is 3.68. The van der Waals surface area contributed by atoms with Crippen LogP contribution in [0.1, 0.15) is 53.9 Å². The van der Waals surface area contributed by atoms with E-state index in [-0.39, 0.29) is 7.43 Å². The Morgan fingerprint density at radius 3 is 1.71 bits per heavy atom. The average Bonchev–Trinajstić information content (AvgIpc) is 2.18. The van der Waals surface area contributed by atoms with E-state index in [0.717, 1.165) is 6.42 Å². The van der Waals surface area contributed by atoms with Crippen LogP contribution in [0.2, 0.25) is 0 Å². The van der Waals surface area contributed by atoms with Crippen LogP contribution in [0.15, 0.2) is 37.0 Å². The number of rotatable bonds is 5. The molecule has 0 amide bonds. The van der Waals surface area contributed by atoms with Crippen LogP contribution >= 0.6 is 0 Å². The lowest BCUT2D eigenvalue weighted by atomic mass is 10.1. The smallest absolute Gasteiger partial charge is 0.0282 e. The third-order valence-electron chi connectivity index (χ3n) is 1.63. The molecular weight excluding hydrogens is 168 g/mol. The molecule has 0 aromatic rings. The number of hydrogen-bond donors (Lipinski definition) is 0. The number of allylic oxidation sites excluding steroid dienone is 4. The minimum Gasteiger partial charge on any atom is -0.0991 e. The van der Waals surface area contributed by atoms with E-state index in [1.54, 1.807) is 6.08 Å². The van der Waals surface area contributed by atoms with Crippen LogP contribution < -0.4 is 0 Å². The van der Waals surface area contributed by atoms with Gasteiger partial charge < -0.3 is 0 Å². The predicted octanol–water partition coefficient (Wildman–Crippen LogP) is 5.53. The minimum absolute atomic E-state index is 0. The lowest BCUT2D eigenvalue weighted by Gasteiger charge is -1.93. The van der Waals surface area contributed by atoms with Crippen molar-refractivity contribution in [3.05, 3.63) is 37.0 Å². The van der Waals surface area contributed by atoms with Crippen molar-refractivity contribution in [3.63, 3.8) is 0 Å². The molecule has 0 fully saturated rings. The van der Waals surface area contributed by atoms with E-state index in [1.165, 1.54) is 24.8 Å². The largest absolute Gasteiger partial charge is 0.0991 e. The maximum atomic E-state index is 3.68. The molecular formula is C14H28. The summed E-state index contributed by atoms with van der Waals surface area (Å²) in [5.74, 6) is 0. The van der Waals surface area contributed by atoms with Gasteiger partial charge in [0.1, 0.15) is 0 Å². The summed E-state index contributed by atoms with van der Waals surface area (Å²) in [7, 11) is 0. The topological polar surface area (TPSA) is 0 Å². The first-order chi connectivity index (χ1) is 6.26. The quantitative estimate of drug-likeness (QED) is 0.507. The Balaban J connectivity index is -0.000000209. The van der Waals surface area contributed by atoms with Crippen molar-refractivity contribution < 1.29 is 0 Å². The van der Waals surface area contributed by atoms with Gasteiger partial charge in [-0.3, -0.25) is 0 Å². The van der Waals surface area contributed by atoms with Gasteiger partial charge in [0.15, 0.2) is 0 Å². The highest BCUT2D eigenvalue weighted by Crippen LogP contribution is 2.04. The minimum atomic E-state index is 0. The number of hydrogen-bond acceptors (Lipinski definition) is 0. The first-order valence-corrected chi connectivity index (χ1v) is 5.20. The fourth-order valence-electron chi connectivity index (χ4n) is 0.693. The van der Waals surface area contributed by atoms with E-state index >= 15 is 0 Å². The zero-order chi connectivity index (χ0) is 10.5. The second kappa shape index (κ2) is 18.1. The molecule has 0 bridgehead atoms. The first kappa shape index (κ1) is 18.9. The monoisotopic (exact) mass is 196 g/mol. The Morgan fingerprint density at radius 1 is 1.00 bits per heavy atom. The van der Waals surface area contributed by atoms with Crippen molar-refractivity contribution >= 4 is 0 Å². The van der Waals surface area contributed by atoms with Crippen molar-refractivity contribution in [2.24, 2.45) is 0 Å². The Kier molecular flexibility index (Phi) is 24.4. The summed E-state index contributed by atoms with van der Waals surface area (Å²) in [6.07, 6.45) is 10.6. The third kappa shape index (κ3) is 17.3. The Hall–Kier alpha value is -0.780. The van der Waals surface area contributed by atoms with Crippen LogP contribution in [0.3, 0.4) is 0 Å². The number of unbranched alkanes of at least 4 members (excludes halogenated alkanes) is 1. The third-order valence-corrected chi connectivity index (χ3v) is 1.63. The van der Waals surface area contributed by atoms with Gasteiger partial charge in [0.05, 0.1) is 0 Å². The van der Waals surface area contributed by atoms with Crippen molar-refractivity contribution in [3.8, 4) is 0 Å². The average molecular weight is 196 g/mol. The molecule has 0 aromatic carbocycles. The molecule has 0 saturated heterocycles. The predicted molar refractivity (Wildman–Crippen MR) is 70.7 cm³/mol. The fourth-order valence-corrected chi connectivity index (χ4v) is 0.693. The lowest BCUT2D eigenvalue weighted by Crippen LogP contribution is -1.73. The Labute approximate surface area is 91.4 Å². The Morgan fingerprint density at radius 2 is 1.50 bits per heavy atom. The first-order valence-electron chi connectivity index (χ1n) is 5.20. The molecule has 0 atom stereocenters. The molecule has 0 aliphatic carbocycles. The normalized spacial score (nSPS) is 9.21. The summed E-state index contributed by atoms with van der Waals surface area (Å²) < 4.78 is 0. The van der Waals surface area contributed by atoms with Gasteiger partial charge in [0.25, 0.3) is 0 Å². The van der Waals surface area contributed by atoms with Gasteiger partial charge in [0, 0.05) is 0 Å². The highest BCUT2D eigenvalue weighted by atomic mass is 13.9. The molecule has 0 radical (unpaired) electrons. The molecule has 0 nitrogen and oxygen atoms in total. The fraction of sp³-hybridized carbons (Fsp3) is 0.571. The lowest BCUT2D eigenvalue weighted by molar-refractivity contribution is 0.886. The van der Waals surface area contributed by atoms with Gasteiger partial charge in [-0.05, 0) is 12.0 Å². The maximum Gasteiger partial charge on any atom is -0.0282 e. The molecule has 0 rings (SSSR count). The SMILES string of the molecule is C.C=C/C=C(\C=C)CCC.CCCC. The van der Waals surface area contributed by atoms with Crippen LogP contribution in [0.4, 0.5) is 0 Å². The summed E-state index contributed by atoms with van der Waals surface area (Å²) in [5.41, 5.74) is 1.27. The molecule has 0 aliphatic heterocycles. The second-order valence-corrected chi connectivity index (χ2v) is 2.93. The van der Waals surface area contributed by atoms with Crippen LogP contribution in [0, 0.1) is 0 Å². The highest BCUT2D eigenvalue weighted by molar-refractivity contribution is 5.20. The van der Waals surface area contributed by atoms with Gasteiger partial charge in [-0.1, -0.05) is 78.8 Å². The van der Waals surface area contributed by atoms with Gasteiger partial charge in [-0.25, -0.2) is 0 Å². The van der Waals surface area contributed by atoms with Crippen LogP contribution in [-0.4, -0.2) is 0 Å². The summed E-state index contributed by atoms with van der Waals surface area (Å²) in [6, 6.07) is 0. The Bertz CT molecular complexity index is 138. The molecule has 0 heteroatoms. The summed E-state index contributed by atoms with van der Waals surface area (Å²) in [6.45, 7) is 13.8. The van der Waals surface area contributed by atoms with Crippen molar-refractivity contribution in [1.82, 2.24) is 0 Å². The second-order valence-electron chi connectivity index (χ2n) is 2.93. The van der Waals surface area contributed by atoms with E-state index in [0.29, 0.717) is 0 Å². The molecule has 0 saturated carbocycles. The van der Waals surface area contributed by atoms with E-state index in [9.17, 15) is 0 Å². The van der Waals surface area contributed by atoms with Crippen molar-refractivity contribution in [2.45, 2.75) is 53.9 Å². The molecule has 0 heterocycles. The molecule has 0 N–H and O–H groups in total. The van der Waals surface area contributed by atoms with Gasteiger partial charge >= 0.3 is 0 Å². The highest BCUT2D eigenvalue weighted by Gasteiger charge is 1.84. The zero-order valence-electron chi connectivity index (χ0n) is 9.47. The van der Waals surface area contributed by atoms with E-state index in [1.807, 2.05) is 12.2 Å². The summed E-state index contributed by atoms with van der Waals surface area (Å²) in [5, 5.41) is 0. The van der Waals surface area contributed by atoms with Crippen LogP contribution in [0.25, 0.3) is 0 Å². The standard InChI is InChI=1S/C9H14.C4H10.CH4/c1-4-7-9(6-3)8-5-2;1-3-4-2;/h4,6-7H,1,3,5,8H2,2H3;3-4H2,1-2H3;1H4/b9-7+;;. The van der Waals surface area contributed by atoms with Crippen LogP contribution in [-0.2, 0) is 0 Å². The van der Waals surface area contributed by atoms with E-state index in [2.05, 4.69) is 33.9 Å². The van der Waals surface area contributed by atoms with Gasteiger partial charge in [0.2, 0.25) is 0 Å². The zero-order valence-corrected chi connectivity index (χ0v) is 9.47. The van der Waals surface area contributed by atoms with Crippen molar-refractivity contribution in [1.29, 1.82) is 0 Å². The summed E-state index contributed by atoms with van der Waals surface area (Å²) >= 11 is 0. The van der Waals surface area contributed by atoms with E-state index in [4.69, 9.17) is 0 Å². The van der Waals surface area contributed by atoms with Crippen molar-refractivity contribution in [2.75, 3.05) is 0 Å². The molecule has 0 aliphatic rings. The van der Waals surface area contributed by atoms with Gasteiger partial charge in [-0.2, -0.15) is 0 Å². The molecule has 0 unspecified atom stereocenters. The molecule has 0 aromatic heterocycles. The van der Waals surface area contributed by atoms with E-state index < -0.39 is 0 Å². The van der Waals surface area contributed by atoms with Gasteiger partial charge in [-0.15, -0.1) is 0 Å². The summed E-state index contributed by atoms with van der Waals surface area (Å²) in [4.78, 5) is 0. The molecule has 84 valence electrons.